The van der Waals surface area contributed by atoms with E-state index in [0.29, 0.717) is 43.5 Å². The van der Waals surface area contributed by atoms with Gasteiger partial charge >= 0.3 is 19.8 Å². The van der Waals surface area contributed by atoms with Crippen molar-refractivity contribution in [1.82, 2.24) is 0 Å². The van der Waals surface area contributed by atoms with Gasteiger partial charge in [0, 0.05) is 26.6 Å². The molecule has 0 aromatic heterocycles. The van der Waals surface area contributed by atoms with Crippen molar-refractivity contribution in [3.8, 4) is 0 Å². The fourth-order valence-corrected chi connectivity index (χ4v) is 10.1. The number of unbranched alkanes of at least 4 members (excludes halogenated alkanes) is 19. The van der Waals surface area contributed by atoms with Crippen LogP contribution in [0.15, 0.2) is 11.6 Å². The summed E-state index contributed by atoms with van der Waals surface area (Å²) in [5.74, 6) is -0.582. The summed E-state index contributed by atoms with van der Waals surface area (Å²) in [7, 11) is 3.26. The molecule has 0 aromatic carbocycles. The maximum absolute atomic E-state index is 13.0. The third kappa shape index (κ3) is 24.1. The van der Waals surface area contributed by atoms with Gasteiger partial charge in [-0.2, -0.15) is 0 Å². The first-order valence-corrected chi connectivity index (χ1v) is 27.4. The number of hydrogen-bond acceptors (Lipinski definition) is 11. The van der Waals surface area contributed by atoms with Gasteiger partial charge in [-0.3, -0.25) is 18.6 Å². The molecule has 65 heavy (non-hydrogen) atoms. The Morgan fingerprint density at radius 3 is 1.85 bits per heavy atom. The number of methoxy groups -OCH3 is 1. The molecule has 0 radical (unpaired) electrons. The van der Waals surface area contributed by atoms with E-state index in [9.17, 15) is 19.0 Å². The molecule has 3 aliphatic rings. The van der Waals surface area contributed by atoms with Gasteiger partial charge < -0.3 is 37.8 Å². The molecule has 3 fully saturated rings. The molecule has 2 unspecified atom stereocenters. The van der Waals surface area contributed by atoms with Crippen LogP contribution in [0.25, 0.3) is 0 Å². The zero-order valence-electron chi connectivity index (χ0n) is 42.4. The van der Waals surface area contributed by atoms with E-state index in [4.69, 9.17) is 37.5 Å². The Morgan fingerprint density at radius 1 is 0.785 bits per heavy atom. The summed E-state index contributed by atoms with van der Waals surface area (Å²) in [5.41, 5.74) is 0.646. The Bertz CT molecular complexity index is 1400. The van der Waals surface area contributed by atoms with Crippen LogP contribution in [0, 0.1) is 5.92 Å². The van der Waals surface area contributed by atoms with Crippen molar-refractivity contribution >= 4 is 19.8 Å². The van der Waals surface area contributed by atoms with Gasteiger partial charge in [0.2, 0.25) is 0 Å². The number of hydrogen-bond donors (Lipinski definition) is 1. The molecule has 13 nitrogen and oxygen atoms in total. The summed E-state index contributed by atoms with van der Waals surface area (Å²) < 4.78 is 59.6. The molecular formula is C51H95NO12P+. The number of likely N-dealkylation sites (N-methyl/N-ethyl adjacent to an activating group) is 1. The van der Waals surface area contributed by atoms with E-state index >= 15 is 0 Å². The minimum absolute atomic E-state index is 0.00193. The molecule has 1 saturated carbocycles. The largest absolute Gasteiger partial charge is 0.472 e. The molecule has 2 heterocycles. The topological polar surface area (TPSA) is 152 Å². The van der Waals surface area contributed by atoms with Gasteiger partial charge in [0.25, 0.3) is 0 Å². The van der Waals surface area contributed by atoms with E-state index in [1.54, 1.807) is 7.11 Å². The maximum atomic E-state index is 13.0. The van der Waals surface area contributed by atoms with Gasteiger partial charge in [0.1, 0.15) is 42.7 Å². The van der Waals surface area contributed by atoms with Crippen molar-refractivity contribution in [3.05, 3.63) is 11.6 Å². The molecule has 380 valence electrons. The molecular weight excluding hydrogens is 850 g/mol. The normalized spacial score (nSPS) is 25.2. The Morgan fingerprint density at radius 2 is 1.32 bits per heavy atom. The van der Waals surface area contributed by atoms with Crippen LogP contribution in [0.2, 0.25) is 0 Å². The summed E-state index contributed by atoms with van der Waals surface area (Å²) in [6, 6.07) is 0. The highest BCUT2D eigenvalue weighted by Gasteiger charge is 2.72. The summed E-state index contributed by atoms with van der Waals surface area (Å²) in [4.78, 5) is 36.2. The van der Waals surface area contributed by atoms with Crippen LogP contribution >= 0.6 is 7.82 Å². The molecule has 1 aliphatic carbocycles. The highest BCUT2D eigenvalue weighted by Crippen LogP contribution is 2.59. The summed E-state index contributed by atoms with van der Waals surface area (Å²) in [5, 5.41) is 0. The molecule has 1 N–H and O–H groups in total. The lowest BCUT2D eigenvalue weighted by atomic mass is 9.68. The molecule has 0 amide bonds. The second-order valence-electron chi connectivity index (χ2n) is 20.8. The number of ether oxygens (including phenoxy) is 6. The molecule has 2 saturated heterocycles. The van der Waals surface area contributed by atoms with Crippen LogP contribution in [0.5, 0.6) is 0 Å². The average Bonchev–Trinajstić information content (AvgIpc) is 4.17. The third-order valence-electron chi connectivity index (χ3n) is 13.5. The molecule has 3 rings (SSSR count). The van der Waals surface area contributed by atoms with Gasteiger partial charge in [0.05, 0.1) is 53.0 Å². The molecule has 1 spiro atoms. The molecule has 8 atom stereocenters. The number of rotatable bonds is 40. The zero-order chi connectivity index (χ0) is 47.6. The van der Waals surface area contributed by atoms with Crippen molar-refractivity contribution in [1.29, 1.82) is 0 Å². The Hall–Kier alpha value is -1.41. The van der Waals surface area contributed by atoms with Crippen LogP contribution < -0.4 is 0 Å². The predicted molar refractivity (Wildman–Crippen MR) is 257 cm³/mol. The first-order valence-electron chi connectivity index (χ1n) is 25.9. The van der Waals surface area contributed by atoms with Crippen molar-refractivity contribution in [2.24, 2.45) is 5.92 Å². The molecule has 0 bridgehead atoms. The number of epoxide rings is 2. The van der Waals surface area contributed by atoms with Crippen molar-refractivity contribution in [3.63, 3.8) is 0 Å². The minimum Gasteiger partial charge on any atom is -0.460 e. The molecule has 2 aliphatic heterocycles. The fraction of sp³-hybridized carbons (Fsp3) is 0.922. The Balaban J connectivity index is 1.28. The van der Waals surface area contributed by atoms with Crippen molar-refractivity contribution in [2.45, 2.75) is 230 Å². The van der Waals surface area contributed by atoms with Crippen LogP contribution in [0.4, 0.5) is 0 Å². The third-order valence-corrected chi connectivity index (χ3v) is 14.5. The van der Waals surface area contributed by atoms with E-state index < -0.39 is 13.9 Å². The lowest BCUT2D eigenvalue weighted by molar-refractivity contribution is -0.870. The van der Waals surface area contributed by atoms with E-state index in [2.05, 4.69) is 33.8 Å². The first kappa shape index (κ1) is 57.9. The quantitative estimate of drug-likeness (QED) is 0.0155. The van der Waals surface area contributed by atoms with Gasteiger partial charge in [-0.25, -0.2) is 4.57 Å². The fourth-order valence-electron chi connectivity index (χ4n) is 9.34. The first-order chi connectivity index (χ1) is 31.0. The molecule has 14 heteroatoms. The highest BCUT2D eigenvalue weighted by atomic mass is 31.2. The molecule has 0 aromatic rings. The monoisotopic (exact) mass is 945 g/mol. The number of esters is 2. The second kappa shape index (κ2) is 30.9. The van der Waals surface area contributed by atoms with Crippen LogP contribution in [0.1, 0.15) is 195 Å². The van der Waals surface area contributed by atoms with Gasteiger partial charge in [-0.15, -0.1) is 0 Å². The van der Waals surface area contributed by atoms with Crippen LogP contribution in [-0.2, 0) is 51.6 Å². The number of phosphoric ester groups is 1. The van der Waals surface area contributed by atoms with E-state index in [0.717, 1.165) is 57.8 Å². The number of allylic oxidation sites excluding steroid dienone is 1. The smallest absolute Gasteiger partial charge is 0.460 e. The van der Waals surface area contributed by atoms with Gasteiger partial charge in [-0.05, 0) is 59.3 Å². The van der Waals surface area contributed by atoms with E-state index in [-0.39, 0.29) is 73.6 Å². The maximum Gasteiger partial charge on any atom is 0.472 e. The Labute approximate surface area is 395 Å². The number of nitrogens with zero attached hydrogens (tertiary/aromatic N) is 1. The standard InChI is InChI=1S/C51H94NO12P/c1-9-10-11-12-13-14-15-16-17-18-19-20-23-26-29-37-58-39-43(40-61-65(55,56)60-38-36-52(5,6)7)62-46(53)30-27-24-21-22-25-28-31-47(54)63-44-34-35-51(41-59-51)49(48(44)57-8)50(4)45(64-50)33-32-42(2)3/h32,43-45,48-49H,9-31,33-41H2,1-8H3/p+1/t43-,44+,45?,48+,49+,50-,51-/m0/s1. The number of carbonyl (C=O) groups is 2. The Kier molecular flexibility index (Phi) is 27.6. The predicted octanol–water partition coefficient (Wildman–Crippen LogP) is 11.4. The summed E-state index contributed by atoms with van der Waals surface area (Å²) in [6.07, 6.45) is 28.2. The minimum atomic E-state index is -4.33. The van der Waals surface area contributed by atoms with Gasteiger partial charge in [0.15, 0.2) is 0 Å². The summed E-state index contributed by atoms with van der Waals surface area (Å²) >= 11 is 0. The van der Waals surface area contributed by atoms with Crippen molar-refractivity contribution in [2.75, 3.05) is 67.8 Å². The second-order valence-corrected chi connectivity index (χ2v) is 22.2. The number of quaternary nitrogens is 1. The number of carbonyl (C=O) groups excluding carboxylic acids is 2. The van der Waals surface area contributed by atoms with E-state index in [1.807, 2.05) is 21.1 Å². The summed E-state index contributed by atoms with van der Waals surface area (Å²) in [6.45, 7) is 10.2. The zero-order valence-corrected chi connectivity index (χ0v) is 43.3. The van der Waals surface area contributed by atoms with Crippen molar-refractivity contribution < 1.29 is 61.0 Å². The van der Waals surface area contributed by atoms with Crippen LogP contribution in [-0.4, -0.2) is 125 Å². The van der Waals surface area contributed by atoms with E-state index in [1.165, 1.54) is 89.0 Å². The van der Waals surface area contributed by atoms with Crippen LogP contribution in [0.3, 0.4) is 0 Å². The highest BCUT2D eigenvalue weighted by molar-refractivity contribution is 7.47. The average molecular weight is 945 g/mol. The SMILES string of the molecule is CCCCCCCCCCCCCCCCCOC[C@@H](COP(=O)(O)OCC[N+](C)(C)C)OC(=O)CCCCCCCCC(=O)O[C@@H]1CC[C@]2(CO2)[C@@H]([C@@]2(C)OC2CC=C(C)C)[C@@H]1OC. The van der Waals surface area contributed by atoms with Gasteiger partial charge in [-0.1, -0.05) is 134 Å². The lowest BCUT2D eigenvalue weighted by Gasteiger charge is -2.42. The lowest BCUT2D eigenvalue weighted by Crippen LogP contribution is -2.55. The number of phosphoric acid groups is 1.